The number of thioether (sulfide) groups is 8. The molecule has 0 saturated heterocycles. The number of allylic oxidation sites excluding steroid dienone is 4. The molecule has 0 N–H and O–H groups in total. The quantitative estimate of drug-likeness (QED) is 0.126. The molecule has 0 aromatic heterocycles. The third kappa shape index (κ3) is 8.04. The summed E-state index contributed by atoms with van der Waals surface area (Å²) in [5.41, 5.74) is 5.26. The molecule has 0 nitrogen and oxygen atoms in total. The Bertz CT molecular complexity index is 2060. The van der Waals surface area contributed by atoms with E-state index >= 15 is 0 Å². The second kappa shape index (κ2) is 16.5. The van der Waals surface area contributed by atoms with Crippen molar-refractivity contribution in [1.82, 2.24) is 0 Å². The summed E-state index contributed by atoms with van der Waals surface area (Å²) in [4.78, 5) is 10.9. The fourth-order valence-electron chi connectivity index (χ4n) is 5.59. The van der Waals surface area contributed by atoms with E-state index in [4.69, 9.17) is 0 Å². The van der Waals surface area contributed by atoms with Crippen LogP contribution in [0.15, 0.2) is 214 Å². The summed E-state index contributed by atoms with van der Waals surface area (Å²) in [6.07, 6.45) is 4.73. The van der Waals surface area contributed by atoms with E-state index in [-0.39, 0.29) is 17.1 Å². The average molecular weight is 843 g/mol. The predicted octanol–water partition coefficient (Wildman–Crippen LogP) is 15.4. The van der Waals surface area contributed by atoms with Crippen molar-refractivity contribution >= 4 is 105 Å². The molecule has 4 heterocycles. The number of benzene rings is 4. The van der Waals surface area contributed by atoms with Gasteiger partial charge in [-0.2, -0.15) is 24.3 Å². The van der Waals surface area contributed by atoms with Crippen LogP contribution in [0.2, 0.25) is 0 Å². The molecule has 6 aromatic rings. The third-order valence-electron chi connectivity index (χ3n) is 7.96. The van der Waals surface area contributed by atoms with Crippen molar-refractivity contribution in [1.29, 1.82) is 0 Å². The molecule has 6 aromatic carbocycles. The van der Waals surface area contributed by atoms with Gasteiger partial charge >= 0.3 is 0 Å². The fourth-order valence-corrected chi connectivity index (χ4v) is 15.5. The first kappa shape index (κ1) is 35.9. The summed E-state index contributed by atoms with van der Waals surface area (Å²) in [5.74, 6) is 0. The van der Waals surface area contributed by atoms with E-state index in [9.17, 15) is 0 Å². The maximum atomic E-state index is 2.37. The minimum absolute atomic E-state index is 0. The molecule has 0 spiro atoms. The summed E-state index contributed by atoms with van der Waals surface area (Å²) in [7, 11) is 0. The molecule has 4 aliphatic heterocycles. The van der Waals surface area contributed by atoms with Crippen molar-refractivity contribution in [2.45, 2.75) is 39.2 Å². The minimum Gasteiger partial charge on any atom is -0.152 e. The summed E-state index contributed by atoms with van der Waals surface area (Å²) >= 11 is 15.1. The van der Waals surface area contributed by atoms with Crippen molar-refractivity contribution in [3.8, 4) is 0 Å². The van der Waals surface area contributed by atoms with Crippen LogP contribution in [0.4, 0.5) is 0 Å². The molecular formula is C42H26FeS8-2. The smallest absolute Gasteiger partial charge is 0.0260 e. The Labute approximate surface area is 343 Å². The van der Waals surface area contributed by atoms with Gasteiger partial charge in [-0.3, -0.25) is 0 Å². The minimum atomic E-state index is 0. The molecule has 0 unspecified atom stereocenters. The molecule has 51 heavy (non-hydrogen) atoms. The molecule has 10 rings (SSSR count). The number of rotatable bonds is 4. The van der Waals surface area contributed by atoms with Crippen LogP contribution in [0.5, 0.6) is 0 Å². The van der Waals surface area contributed by atoms with Crippen molar-refractivity contribution in [2.24, 2.45) is 0 Å². The molecule has 0 saturated carbocycles. The van der Waals surface area contributed by atoms with Gasteiger partial charge < -0.3 is 0 Å². The molecular weight excluding hydrogens is 817 g/mol. The zero-order valence-electron chi connectivity index (χ0n) is 26.6. The van der Waals surface area contributed by atoms with Gasteiger partial charge in [0.15, 0.2) is 0 Å². The fraction of sp³-hybridized carbons (Fsp3) is 0. The summed E-state index contributed by atoms with van der Waals surface area (Å²) in [6, 6.07) is 51.9. The summed E-state index contributed by atoms with van der Waals surface area (Å²) in [6.45, 7) is 0. The van der Waals surface area contributed by atoms with Gasteiger partial charge in [0.1, 0.15) is 0 Å². The molecule has 9 heteroatoms. The Morgan fingerprint density at radius 1 is 0.333 bits per heavy atom. The van der Waals surface area contributed by atoms with Gasteiger partial charge in [0.25, 0.3) is 0 Å². The second-order valence-corrected chi connectivity index (χ2v) is 20.9. The molecule has 0 radical (unpaired) electrons. The predicted molar refractivity (Wildman–Crippen MR) is 227 cm³/mol. The Morgan fingerprint density at radius 3 is 0.824 bits per heavy atom. The van der Waals surface area contributed by atoms with Crippen LogP contribution in [0.3, 0.4) is 0 Å². The maximum Gasteiger partial charge on any atom is 0.0260 e. The second-order valence-electron chi connectivity index (χ2n) is 11.3. The number of fused-ring (bicyclic) bond motifs is 4. The van der Waals surface area contributed by atoms with Gasteiger partial charge in [-0.15, -0.1) is 71.3 Å². The third-order valence-corrected chi connectivity index (χ3v) is 18.0. The SMILES string of the molecule is C(=C1Sc2ccccc2S1)C(=C1Sc2ccccc2S1)[c-]1cccc1.C(=C1Sc2ccccc2S1)C(=C1Sc2ccccc2S1)[c-]1cccc1.[Fe]. The average Bonchev–Trinajstić information content (AvgIpc) is 4.00. The largest absolute Gasteiger partial charge is 0.152 e. The van der Waals surface area contributed by atoms with Crippen LogP contribution < -0.4 is 0 Å². The Kier molecular flexibility index (Phi) is 11.6. The van der Waals surface area contributed by atoms with Crippen molar-refractivity contribution < 1.29 is 17.1 Å². The van der Waals surface area contributed by atoms with E-state index in [2.05, 4.69) is 158 Å². The molecule has 0 aliphatic carbocycles. The zero-order chi connectivity index (χ0) is 33.3. The monoisotopic (exact) mass is 842 g/mol. The van der Waals surface area contributed by atoms with Crippen LogP contribution in [-0.4, -0.2) is 0 Å². The van der Waals surface area contributed by atoms with Crippen LogP contribution in [0.1, 0.15) is 11.1 Å². The molecule has 0 bridgehead atoms. The topological polar surface area (TPSA) is 0 Å². The summed E-state index contributed by atoms with van der Waals surface area (Å²) in [5, 5.41) is 0. The Balaban J connectivity index is 0.000000144. The maximum absolute atomic E-state index is 2.37. The van der Waals surface area contributed by atoms with Gasteiger partial charge in [0, 0.05) is 64.7 Å². The first-order valence-corrected chi connectivity index (χ1v) is 22.4. The van der Waals surface area contributed by atoms with Gasteiger partial charge in [0.05, 0.1) is 0 Å². The normalized spacial score (nSPS) is 14.9. The Hall–Kier alpha value is -2.14. The van der Waals surface area contributed by atoms with E-state index in [0.29, 0.717) is 0 Å². The van der Waals surface area contributed by atoms with Gasteiger partial charge in [-0.05, 0) is 57.0 Å². The number of hydrogen-bond acceptors (Lipinski definition) is 8. The van der Waals surface area contributed by atoms with Crippen molar-refractivity contribution in [3.63, 3.8) is 0 Å². The molecule has 0 amide bonds. The van der Waals surface area contributed by atoms with E-state index in [0.717, 1.165) is 0 Å². The van der Waals surface area contributed by atoms with E-state index in [1.807, 2.05) is 94.1 Å². The number of hydrogen-bond donors (Lipinski definition) is 0. The van der Waals surface area contributed by atoms with Crippen LogP contribution in [0.25, 0.3) is 11.1 Å². The van der Waals surface area contributed by atoms with Crippen LogP contribution in [0, 0.1) is 0 Å². The zero-order valence-corrected chi connectivity index (χ0v) is 34.3. The van der Waals surface area contributed by atoms with Crippen molar-refractivity contribution in [2.75, 3.05) is 0 Å². The Morgan fingerprint density at radius 2 is 0.569 bits per heavy atom. The van der Waals surface area contributed by atoms with Crippen LogP contribution in [-0.2, 0) is 17.1 Å². The van der Waals surface area contributed by atoms with Gasteiger partial charge in [-0.1, -0.05) is 130 Å². The summed E-state index contributed by atoms with van der Waals surface area (Å²) < 4.78 is 5.44. The van der Waals surface area contributed by atoms with E-state index in [1.54, 1.807) is 0 Å². The van der Waals surface area contributed by atoms with E-state index in [1.165, 1.54) is 78.4 Å². The molecule has 0 atom stereocenters. The van der Waals surface area contributed by atoms with Crippen molar-refractivity contribution in [3.05, 3.63) is 186 Å². The standard InChI is InChI=1S/2C21H13S4.Fe/c2*1-2-8-14(7-1)15(21-24-18-11-5-6-12-19(18)25-21)13-20-22-16-9-3-4-10-17(16)23-20;/h2*1-13H;/q2*-1;. The van der Waals surface area contributed by atoms with Gasteiger partial charge in [-0.25, -0.2) is 0 Å². The molecule has 0 fully saturated rings. The van der Waals surface area contributed by atoms with E-state index < -0.39 is 0 Å². The first-order chi connectivity index (χ1) is 24.7. The molecule has 252 valence electrons. The first-order valence-electron chi connectivity index (χ1n) is 15.9. The van der Waals surface area contributed by atoms with Crippen LogP contribution >= 0.6 is 94.1 Å². The van der Waals surface area contributed by atoms with Gasteiger partial charge in [0.2, 0.25) is 0 Å². The molecule has 4 aliphatic rings.